The number of sulfonamides is 1. The van der Waals surface area contributed by atoms with Crippen LogP contribution in [0, 0.1) is 0 Å². The Labute approximate surface area is 198 Å². The highest BCUT2D eigenvalue weighted by molar-refractivity contribution is 7.98. The van der Waals surface area contributed by atoms with E-state index in [0.717, 1.165) is 16.4 Å². The van der Waals surface area contributed by atoms with Crippen LogP contribution < -0.4 is 0 Å². The van der Waals surface area contributed by atoms with Crippen LogP contribution >= 0.6 is 11.8 Å². The van der Waals surface area contributed by atoms with E-state index < -0.39 is 10.0 Å². The SMILES string of the molecule is CCN(CC)S(=O)(=O)c1cccc(-c2nnc(SCc3cnn(-c4ccccc4)c3)n2C)c1. The fourth-order valence-corrected chi connectivity index (χ4v) is 5.83. The smallest absolute Gasteiger partial charge is 0.243 e. The zero-order chi connectivity index (χ0) is 23.4. The molecule has 0 aliphatic heterocycles. The van der Waals surface area contributed by atoms with Gasteiger partial charge in [-0.25, -0.2) is 13.1 Å². The Kier molecular flexibility index (Phi) is 6.96. The predicted molar refractivity (Wildman–Crippen MR) is 130 cm³/mol. The van der Waals surface area contributed by atoms with Crippen molar-refractivity contribution in [3.63, 3.8) is 0 Å². The Bertz CT molecular complexity index is 1330. The molecule has 10 heteroatoms. The minimum atomic E-state index is -3.54. The van der Waals surface area contributed by atoms with Crippen LogP contribution in [0.4, 0.5) is 0 Å². The fourth-order valence-electron chi connectivity index (χ4n) is 3.50. The van der Waals surface area contributed by atoms with Gasteiger partial charge in [-0.1, -0.05) is 55.9 Å². The van der Waals surface area contributed by atoms with E-state index in [9.17, 15) is 8.42 Å². The first kappa shape index (κ1) is 23.2. The molecule has 2 aromatic heterocycles. The topological polar surface area (TPSA) is 85.9 Å². The molecule has 0 radical (unpaired) electrons. The number of hydrogen-bond donors (Lipinski definition) is 0. The molecule has 0 bridgehead atoms. The number of nitrogens with zero attached hydrogens (tertiary/aromatic N) is 6. The van der Waals surface area contributed by atoms with Gasteiger partial charge in [0.1, 0.15) is 0 Å². The minimum absolute atomic E-state index is 0.259. The van der Waals surface area contributed by atoms with Crippen molar-refractivity contribution in [2.24, 2.45) is 7.05 Å². The summed E-state index contributed by atoms with van der Waals surface area (Å²) < 4.78 is 31.0. The first-order valence-electron chi connectivity index (χ1n) is 10.7. The number of rotatable bonds is 9. The molecule has 0 N–H and O–H groups in total. The van der Waals surface area contributed by atoms with E-state index in [4.69, 9.17) is 0 Å². The summed E-state index contributed by atoms with van der Waals surface area (Å²) in [7, 11) is -1.66. The van der Waals surface area contributed by atoms with E-state index in [1.807, 2.05) is 78.9 Å². The molecule has 2 aromatic carbocycles. The molecule has 0 atom stereocenters. The molecule has 0 fully saturated rings. The van der Waals surface area contributed by atoms with Crippen LogP contribution in [0.5, 0.6) is 0 Å². The zero-order valence-electron chi connectivity index (χ0n) is 18.8. The van der Waals surface area contributed by atoms with Gasteiger partial charge in [0.2, 0.25) is 10.0 Å². The third-order valence-corrected chi connectivity index (χ3v) is 8.43. The lowest BCUT2D eigenvalue weighted by molar-refractivity contribution is 0.445. The van der Waals surface area contributed by atoms with Crippen molar-refractivity contribution >= 4 is 21.8 Å². The summed E-state index contributed by atoms with van der Waals surface area (Å²) in [4.78, 5) is 0.259. The van der Waals surface area contributed by atoms with Crippen molar-refractivity contribution in [3.05, 3.63) is 72.6 Å². The number of hydrogen-bond acceptors (Lipinski definition) is 6. The molecular formula is C23H26N6O2S2. The first-order chi connectivity index (χ1) is 15.9. The minimum Gasteiger partial charge on any atom is -0.305 e. The van der Waals surface area contributed by atoms with Gasteiger partial charge in [-0.2, -0.15) is 9.40 Å². The lowest BCUT2D eigenvalue weighted by Crippen LogP contribution is -2.30. The molecule has 172 valence electrons. The average Bonchev–Trinajstić information content (AvgIpc) is 3.46. The van der Waals surface area contributed by atoms with E-state index in [1.165, 1.54) is 4.31 Å². The van der Waals surface area contributed by atoms with E-state index in [2.05, 4.69) is 15.3 Å². The summed E-state index contributed by atoms with van der Waals surface area (Å²) in [6, 6.07) is 16.8. The van der Waals surface area contributed by atoms with Crippen molar-refractivity contribution in [1.82, 2.24) is 28.9 Å². The molecule has 0 unspecified atom stereocenters. The van der Waals surface area contributed by atoms with Gasteiger partial charge in [-0.15, -0.1) is 10.2 Å². The second-order valence-corrected chi connectivity index (χ2v) is 10.3. The average molecular weight is 483 g/mol. The van der Waals surface area contributed by atoms with Crippen molar-refractivity contribution in [3.8, 4) is 17.1 Å². The highest BCUT2D eigenvalue weighted by Crippen LogP contribution is 2.27. The first-order valence-corrected chi connectivity index (χ1v) is 13.1. The highest BCUT2D eigenvalue weighted by atomic mass is 32.2. The summed E-state index contributed by atoms with van der Waals surface area (Å²) >= 11 is 1.56. The molecule has 0 aliphatic carbocycles. The standard InChI is InChI=1S/C23H26N6O2S2/c1-4-28(5-2)33(30,31)21-13-9-10-19(14-21)22-25-26-23(27(22)3)32-17-18-15-24-29(16-18)20-11-7-6-8-12-20/h6-16H,4-5,17H2,1-3H3. The second-order valence-electron chi connectivity index (χ2n) is 7.40. The molecule has 0 saturated carbocycles. The molecule has 0 amide bonds. The van der Waals surface area contributed by atoms with Crippen LogP contribution in [0.15, 0.2) is 77.0 Å². The molecule has 0 aliphatic rings. The van der Waals surface area contributed by atoms with Gasteiger partial charge in [0.25, 0.3) is 0 Å². The maximum atomic E-state index is 12.9. The maximum absolute atomic E-state index is 12.9. The third-order valence-electron chi connectivity index (χ3n) is 5.30. The van der Waals surface area contributed by atoms with Crippen LogP contribution in [0.25, 0.3) is 17.1 Å². The van der Waals surface area contributed by atoms with Crippen molar-refractivity contribution in [2.75, 3.05) is 13.1 Å². The summed E-state index contributed by atoms with van der Waals surface area (Å²) in [5.41, 5.74) is 2.79. The van der Waals surface area contributed by atoms with Gasteiger partial charge >= 0.3 is 0 Å². The number of para-hydroxylation sites is 1. The van der Waals surface area contributed by atoms with E-state index in [1.54, 1.807) is 30.0 Å². The second kappa shape index (κ2) is 9.90. The molecule has 4 rings (SSSR count). The van der Waals surface area contributed by atoms with E-state index >= 15 is 0 Å². The Hall–Kier alpha value is -2.95. The normalized spacial score (nSPS) is 11.9. The summed E-state index contributed by atoms with van der Waals surface area (Å²) in [6.07, 6.45) is 3.85. The molecule has 0 saturated heterocycles. The molecule has 4 aromatic rings. The highest BCUT2D eigenvalue weighted by Gasteiger charge is 2.22. The van der Waals surface area contributed by atoms with Gasteiger partial charge in [0, 0.05) is 43.2 Å². The van der Waals surface area contributed by atoms with Crippen LogP contribution in [0.1, 0.15) is 19.4 Å². The molecular weight excluding hydrogens is 456 g/mol. The van der Waals surface area contributed by atoms with Crippen LogP contribution in [0.3, 0.4) is 0 Å². The predicted octanol–water partition coefficient (Wildman–Crippen LogP) is 3.99. The van der Waals surface area contributed by atoms with Gasteiger partial charge < -0.3 is 4.57 Å². The van der Waals surface area contributed by atoms with E-state index in [-0.39, 0.29) is 4.90 Å². The Balaban J connectivity index is 1.51. The monoisotopic (exact) mass is 482 g/mol. The van der Waals surface area contributed by atoms with E-state index in [0.29, 0.717) is 30.2 Å². The summed E-state index contributed by atoms with van der Waals surface area (Å²) in [6.45, 7) is 4.52. The number of aromatic nitrogens is 5. The van der Waals surface area contributed by atoms with Gasteiger partial charge in [-0.3, -0.25) is 0 Å². The van der Waals surface area contributed by atoms with Crippen molar-refractivity contribution in [2.45, 2.75) is 29.7 Å². The molecule has 0 spiro atoms. The van der Waals surface area contributed by atoms with Crippen LogP contribution in [-0.2, 0) is 22.8 Å². The van der Waals surface area contributed by atoms with Crippen molar-refractivity contribution in [1.29, 1.82) is 0 Å². The number of thioether (sulfide) groups is 1. The Morgan fingerprint density at radius 3 is 2.48 bits per heavy atom. The molecule has 33 heavy (non-hydrogen) atoms. The van der Waals surface area contributed by atoms with Crippen molar-refractivity contribution < 1.29 is 8.42 Å². The number of benzene rings is 2. The summed E-state index contributed by atoms with van der Waals surface area (Å²) in [5.74, 6) is 1.31. The van der Waals surface area contributed by atoms with Crippen LogP contribution in [0.2, 0.25) is 0 Å². The zero-order valence-corrected chi connectivity index (χ0v) is 20.4. The largest absolute Gasteiger partial charge is 0.305 e. The molecule has 8 nitrogen and oxygen atoms in total. The molecule has 2 heterocycles. The fraction of sp³-hybridized carbons (Fsp3) is 0.261. The Morgan fingerprint density at radius 1 is 1.00 bits per heavy atom. The third kappa shape index (κ3) is 4.87. The van der Waals surface area contributed by atoms with Gasteiger partial charge in [-0.05, 0) is 24.3 Å². The lowest BCUT2D eigenvalue weighted by atomic mass is 10.2. The lowest BCUT2D eigenvalue weighted by Gasteiger charge is -2.18. The van der Waals surface area contributed by atoms with Gasteiger partial charge in [0.15, 0.2) is 11.0 Å². The van der Waals surface area contributed by atoms with Crippen LogP contribution in [-0.4, -0.2) is 50.4 Å². The maximum Gasteiger partial charge on any atom is 0.243 e. The van der Waals surface area contributed by atoms with Gasteiger partial charge in [0.05, 0.1) is 16.8 Å². The Morgan fingerprint density at radius 2 is 1.76 bits per heavy atom. The summed E-state index contributed by atoms with van der Waals surface area (Å²) in [5, 5.41) is 13.8. The quantitative estimate of drug-likeness (QED) is 0.335.